The molecule has 2 aromatic heterocycles. The lowest BCUT2D eigenvalue weighted by molar-refractivity contribution is 0.591. The number of fused-ring (bicyclic) bond motifs is 1. The predicted molar refractivity (Wildman–Crippen MR) is 80.6 cm³/mol. The second-order valence-corrected chi connectivity index (χ2v) is 7.48. The van der Waals surface area contributed by atoms with Crippen LogP contribution >= 0.6 is 23.1 Å². The van der Waals surface area contributed by atoms with E-state index in [4.69, 9.17) is 5.73 Å². The van der Waals surface area contributed by atoms with E-state index in [0.717, 1.165) is 21.4 Å². The summed E-state index contributed by atoms with van der Waals surface area (Å²) in [6, 6.07) is 0. The molecule has 0 spiro atoms. The zero-order chi connectivity index (χ0) is 13.5. The Balaban J connectivity index is 2.48. The Morgan fingerprint density at radius 3 is 2.50 bits per heavy atom. The van der Waals surface area contributed by atoms with Crippen molar-refractivity contribution in [1.29, 1.82) is 0 Å². The molecule has 0 aromatic carbocycles. The highest BCUT2D eigenvalue weighted by atomic mass is 32.2. The summed E-state index contributed by atoms with van der Waals surface area (Å²) in [5, 5.41) is 2.27. The van der Waals surface area contributed by atoms with E-state index in [9.17, 15) is 0 Å². The lowest BCUT2D eigenvalue weighted by Gasteiger charge is -2.17. The van der Waals surface area contributed by atoms with Gasteiger partial charge in [-0.3, -0.25) is 0 Å². The van der Waals surface area contributed by atoms with Crippen molar-refractivity contribution in [2.45, 2.75) is 45.2 Å². The van der Waals surface area contributed by atoms with E-state index in [0.29, 0.717) is 0 Å². The number of hydrogen-bond donors (Lipinski definition) is 1. The molecule has 0 fully saturated rings. The number of nitrogens with two attached hydrogens (primary N) is 1. The Hall–Kier alpha value is -0.650. The molecule has 0 bridgehead atoms. The van der Waals surface area contributed by atoms with Crippen LogP contribution in [0.4, 0.5) is 0 Å². The van der Waals surface area contributed by atoms with Crippen molar-refractivity contribution in [3.63, 3.8) is 0 Å². The molecule has 98 valence electrons. The minimum Gasteiger partial charge on any atom is -0.325 e. The largest absolute Gasteiger partial charge is 0.325 e. The van der Waals surface area contributed by atoms with E-state index >= 15 is 0 Å². The molecule has 0 unspecified atom stereocenters. The van der Waals surface area contributed by atoms with Crippen LogP contribution in [0.5, 0.6) is 0 Å². The zero-order valence-corrected chi connectivity index (χ0v) is 13.1. The normalized spacial score (nSPS) is 12.3. The number of nitrogens with zero attached hydrogens (tertiary/aromatic N) is 2. The highest BCUT2D eigenvalue weighted by Crippen LogP contribution is 2.35. The van der Waals surface area contributed by atoms with Gasteiger partial charge in [-0.1, -0.05) is 0 Å². The van der Waals surface area contributed by atoms with Crippen LogP contribution in [0.1, 0.15) is 30.1 Å². The Morgan fingerprint density at radius 2 is 1.89 bits per heavy atom. The second-order valence-electron chi connectivity index (χ2n) is 5.32. The number of hydrogen-bond acceptors (Lipinski definition) is 5. The van der Waals surface area contributed by atoms with Crippen LogP contribution < -0.4 is 5.73 Å². The summed E-state index contributed by atoms with van der Waals surface area (Å²) in [6.07, 6.45) is 0. The zero-order valence-electron chi connectivity index (χ0n) is 11.5. The minimum absolute atomic E-state index is 0.186. The van der Waals surface area contributed by atoms with Crippen LogP contribution in [-0.4, -0.2) is 21.3 Å². The molecule has 2 heterocycles. The van der Waals surface area contributed by atoms with Gasteiger partial charge in [-0.25, -0.2) is 9.97 Å². The Bertz CT molecular complexity index is 582. The monoisotopic (exact) mass is 281 g/mol. The van der Waals surface area contributed by atoms with E-state index in [1.807, 2.05) is 20.8 Å². The molecule has 0 aliphatic carbocycles. The fourth-order valence-corrected chi connectivity index (χ4v) is 3.91. The van der Waals surface area contributed by atoms with Gasteiger partial charge in [-0.15, -0.1) is 23.1 Å². The first-order valence-electron chi connectivity index (χ1n) is 5.94. The van der Waals surface area contributed by atoms with Crippen LogP contribution in [0.3, 0.4) is 0 Å². The maximum atomic E-state index is 6.05. The molecule has 0 aliphatic heterocycles. The molecular formula is C13H19N3S2. The second kappa shape index (κ2) is 4.79. The maximum Gasteiger partial charge on any atom is 0.128 e. The lowest BCUT2D eigenvalue weighted by atomic mass is 10.1. The third-order valence-corrected chi connectivity index (χ3v) is 5.25. The molecule has 0 aliphatic rings. The van der Waals surface area contributed by atoms with E-state index < -0.39 is 0 Å². The quantitative estimate of drug-likeness (QED) is 0.691. The molecule has 0 saturated carbocycles. The Kier molecular flexibility index (Phi) is 3.67. The fraction of sp³-hybridized carbons (Fsp3) is 0.538. The first kappa shape index (κ1) is 13.8. The summed E-state index contributed by atoms with van der Waals surface area (Å²) in [5.41, 5.74) is 7.16. The molecule has 0 amide bonds. The van der Waals surface area contributed by atoms with Crippen LogP contribution in [0, 0.1) is 20.8 Å². The molecule has 5 heteroatoms. The number of aryl methyl sites for hydroxylation is 3. The molecule has 2 N–H and O–H groups in total. The summed E-state index contributed by atoms with van der Waals surface area (Å²) in [7, 11) is 0. The van der Waals surface area contributed by atoms with Gasteiger partial charge in [0.05, 0.1) is 0 Å². The molecule has 18 heavy (non-hydrogen) atoms. The van der Waals surface area contributed by atoms with Crippen molar-refractivity contribution in [2.75, 3.05) is 5.75 Å². The average Bonchev–Trinajstić information content (AvgIpc) is 2.50. The van der Waals surface area contributed by atoms with Gasteiger partial charge >= 0.3 is 0 Å². The van der Waals surface area contributed by atoms with Gasteiger partial charge in [0, 0.05) is 21.6 Å². The standard InChI is InChI=1S/C13H19N3S2/c1-7-8(2)18-12-10(7)11(15-9(3)16-12)17-6-13(4,5)14/h6,14H2,1-5H3. The third kappa shape index (κ3) is 2.84. The van der Waals surface area contributed by atoms with Crippen molar-refractivity contribution in [3.05, 3.63) is 16.3 Å². The Morgan fingerprint density at radius 1 is 1.22 bits per heavy atom. The lowest BCUT2D eigenvalue weighted by Crippen LogP contribution is -2.34. The molecule has 3 nitrogen and oxygen atoms in total. The van der Waals surface area contributed by atoms with E-state index in [2.05, 4.69) is 23.8 Å². The van der Waals surface area contributed by atoms with Gasteiger partial charge in [0.15, 0.2) is 0 Å². The van der Waals surface area contributed by atoms with Crippen molar-refractivity contribution < 1.29 is 0 Å². The predicted octanol–water partition coefficient (Wildman–Crippen LogP) is 3.45. The van der Waals surface area contributed by atoms with Crippen molar-refractivity contribution in [2.24, 2.45) is 5.73 Å². The SMILES string of the molecule is Cc1nc(SCC(C)(C)N)c2c(C)c(C)sc2n1. The van der Waals surface area contributed by atoms with Crippen molar-refractivity contribution in [3.8, 4) is 0 Å². The number of thiophene rings is 1. The summed E-state index contributed by atoms with van der Waals surface area (Å²) in [6.45, 7) is 10.3. The molecule has 2 rings (SSSR count). The fourth-order valence-electron chi connectivity index (χ4n) is 1.67. The third-order valence-electron chi connectivity index (χ3n) is 2.69. The Labute approximate surface area is 116 Å². The molecule has 2 aromatic rings. The minimum atomic E-state index is -0.186. The smallest absolute Gasteiger partial charge is 0.128 e. The van der Waals surface area contributed by atoms with Crippen molar-refractivity contribution >= 4 is 33.3 Å². The van der Waals surface area contributed by atoms with Gasteiger partial charge < -0.3 is 5.73 Å². The van der Waals surface area contributed by atoms with Gasteiger partial charge in [0.1, 0.15) is 15.7 Å². The van der Waals surface area contributed by atoms with E-state index in [1.165, 1.54) is 15.8 Å². The van der Waals surface area contributed by atoms with Gasteiger partial charge in [0.25, 0.3) is 0 Å². The van der Waals surface area contributed by atoms with Crippen LogP contribution in [0.15, 0.2) is 5.03 Å². The first-order chi connectivity index (χ1) is 8.28. The van der Waals surface area contributed by atoms with Gasteiger partial charge in [-0.05, 0) is 40.2 Å². The van der Waals surface area contributed by atoms with Crippen LogP contribution in [-0.2, 0) is 0 Å². The highest BCUT2D eigenvalue weighted by molar-refractivity contribution is 7.99. The molecule has 0 radical (unpaired) electrons. The van der Waals surface area contributed by atoms with Crippen LogP contribution in [0.2, 0.25) is 0 Å². The first-order valence-corrected chi connectivity index (χ1v) is 7.74. The van der Waals surface area contributed by atoms with E-state index in [1.54, 1.807) is 23.1 Å². The maximum absolute atomic E-state index is 6.05. The molecule has 0 atom stereocenters. The van der Waals surface area contributed by atoms with E-state index in [-0.39, 0.29) is 5.54 Å². The van der Waals surface area contributed by atoms with Gasteiger partial charge in [-0.2, -0.15) is 0 Å². The average molecular weight is 281 g/mol. The van der Waals surface area contributed by atoms with Gasteiger partial charge in [0.2, 0.25) is 0 Å². The number of rotatable bonds is 3. The summed E-state index contributed by atoms with van der Waals surface area (Å²) in [5.74, 6) is 1.69. The topological polar surface area (TPSA) is 51.8 Å². The van der Waals surface area contributed by atoms with Crippen LogP contribution in [0.25, 0.3) is 10.2 Å². The highest BCUT2D eigenvalue weighted by Gasteiger charge is 2.17. The molecular weight excluding hydrogens is 262 g/mol. The number of thioether (sulfide) groups is 1. The van der Waals surface area contributed by atoms with Crippen molar-refractivity contribution in [1.82, 2.24) is 9.97 Å². The summed E-state index contributed by atoms with van der Waals surface area (Å²) in [4.78, 5) is 11.5. The summed E-state index contributed by atoms with van der Waals surface area (Å²) < 4.78 is 0. The molecule has 0 saturated heterocycles. The summed E-state index contributed by atoms with van der Waals surface area (Å²) >= 11 is 3.47. The number of aromatic nitrogens is 2.